The van der Waals surface area contributed by atoms with Crippen molar-refractivity contribution in [1.29, 1.82) is 0 Å². The lowest BCUT2D eigenvalue weighted by Gasteiger charge is -1.93. The summed E-state index contributed by atoms with van der Waals surface area (Å²) >= 11 is 3.43. The molecule has 18 heavy (non-hydrogen) atoms. The van der Waals surface area contributed by atoms with Gasteiger partial charge in [-0.3, -0.25) is 0 Å². The van der Waals surface area contributed by atoms with Crippen molar-refractivity contribution in [3.8, 4) is 0 Å². The molecule has 3 aromatic rings. The molecule has 0 amide bonds. The first-order valence-electron chi connectivity index (χ1n) is 5.83. The van der Waals surface area contributed by atoms with E-state index in [4.69, 9.17) is 0 Å². The van der Waals surface area contributed by atoms with E-state index < -0.39 is 0 Å². The summed E-state index contributed by atoms with van der Waals surface area (Å²) in [5.74, 6) is 0. The van der Waals surface area contributed by atoms with E-state index >= 15 is 0 Å². The van der Waals surface area contributed by atoms with Crippen molar-refractivity contribution in [1.82, 2.24) is 4.98 Å². The molecule has 0 saturated heterocycles. The zero-order valence-corrected chi connectivity index (χ0v) is 11.3. The Balaban J connectivity index is 1.89. The second kappa shape index (κ2) is 4.83. The molecule has 0 spiro atoms. The summed E-state index contributed by atoms with van der Waals surface area (Å²) in [6.07, 6.45) is 4.21. The van der Waals surface area contributed by atoms with E-state index in [2.05, 4.69) is 69.5 Å². The summed E-state index contributed by atoms with van der Waals surface area (Å²) < 4.78 is 1.10. The standard InChI is InChI=1S/C16H12BrN/c17-14-8-5-12(6-9-14)7-10-15-11-13-3-1-2-4-16(13)18-15/h1-11,18H/b10-7-. The van der Waals surface area contributed by atoms with E-state index in [0.717, 1.165) is 10.2 Å². The Bertz CT molecular complexity index is 659. The topological polar surface area (TPSA) is 15.8 Å². The summed E-state index contributed by atoms with van der Waals surface area (Å²) in [5.41, 5.74) is 3.49. The van der Waals surface area contributed by atoms with Crippen LogP contribution in [0.3, 0.4) is 0 Å². The quantitative estimate of drug-likeness (QED) is 0.677. The molecule has 0 aliphatic carbocycles. The molecule has 1 aromatic heterocycles. The Labute approximate surface area is 114 Å². The molecule has 0 aliphatic rings. The molecule has 2 aromatic carbocycles. The maximum Gasteiger partial charge on any atom is 0.0458 e. The lowest BCUT2D eigenvalue weighted by Crippen LogP contribution is -1.72. The van der Waals surface area contributed by atoms with Crippen LogP contribution in [0.2, 0.25) is 0 Å². The van der Waals surface area contributed by atoms with Gasteiger partial charge in [-0.1, -0.05) is 52.3 Å². The lowest BCUT2D eigenvalue weighted by atomic mass is 10.2. The van der Waals surface area contributed by atoms with Gasteiger partial charge in [0.15, 0.2) is 0 Å². The van der Waals surface area contributed by atoms with Crippen molar-refractivity contribution >= 4 is 39.0 Å². The normalized spacial score (nSPS) is 11.4. The van der Waals surface area contributed by atoms with Gasteiger partial charge in [-0.05, 0) is 41.3 Å². The fraction of sp³-hybridized carbons (Fsp3) is 0. The third-order valence-electron chi connectivity index (χ3n) is 2.88. The van der Waals surface area contributed by atoms with Gasteiger partial charge in [0.1, 0.15) is 0 Å². The van der Waals surface area contributed by atoms with Crippen LogP contribution in [0.25, 0.3) is 23.1 Å². The highest BCUT2D eigenvalue weighted by Crippen LogP contribution is 2.17. The van der Waals surface area contributed by atoms with Gasteiger partial charge in [0.05, 0.1) is 0 Å². The van der Waals surface area contributed by atoms with Gasteiger partial charge in [0, 0.05) is 15.7 Å². The number of hydrogen-bond donors (Lipinski definition) is 1. The number of nitrogens with one attached hydrogen (secondary N) is 1. The van der Waals surface area contributed by atoms with E-state index in [1.165, 1.54) is 16.5 Å². The number of benzene rings is 2. The second-order valence-corrected chi connectivity index (χ2v) is 5.11. The third kappa shape index (κ3) is 2.39. The summed E-state index contributed by atoms with van der Waals surface area (Å²) in [6, 6.07) is 18.7. The molecule has 1 nitrogen and oxygen atoms in total. The largest absolute Gasteiger partial charge is 0.355 e. The predicted molar refractivity (Wildman–Crippen MR) is 81.4 cm³/mol. The summed E-state index contributed by atoms with van der Waals surface area (Å²) in [4.78, 5) is 3.38. The molecule has 3 rings (SSSR count). The highest BCUT2D eigenvalue weighted by Gasteiger charge is 1.96. The van der Waals surface area contributed by atoms with Gasteiger partial charge in [-0.25, -0.2) is 0 Å². The number of aromatic nitrogens is 1. The van der Waals surface area contributed by atoms with E-state index in [9.17, 15) is 0 Å². The first kappa shape index (κ1) is 11.3. The van der Waals surface area contributed by atoms with E-state index in [-0.39, 0.29) is 0 Å². The SMILES string of the molecule is Brc1ccc(/C=C\c2cc3ccccc3[nH]2)cc1. The molecule has 0 aliphatic heterocycles. The summed E-state index contributed by atoms with van der Waals surface area (Å²) in [5, 5.41) is 1.24. The molecule has 2 heteroatoms. The number of hydrogen-bond acceptors (Lipinski definition) is 0. The Morgan fingerprint density at radius 2 is 1.67 bits per heavy atom. The van der Waals surface area contributed by atoms with Crippen LogP contribution in [0.5, 0.6) is 0 Å². The third-order valence-corrected chi connectivity index (χ3v) is 3.40. The van der Waals surface area contributed by atoms with Crippen LogP contribution < -0.4 is 0 Å². The number of halogens is 1. The monoisotopic (exact) mass is 297 g/mol. The molecular formula is C16H12BrN. The van der Waals surface area contributed by atoms with Gasteiger partial charge in [-0.15, -0.1) is 0 Å². The van der Waals surface area contributed by atoms with Crippen LogP contribution in [-0.4, -0.2) is 4.98 Å². The maximum atomic E-state index is 3.43. The summed E-state index contributed by atoms with van der Waals surface area (Å²) in [7, 11) is 0. The Morgan fingerprint density at radius 1 is 0.889 bits per heavy atom. The predicted octanol–water partition coefficient (Wildman–Crippen LogP) is 5.10. The minimum atomic E-state index is 1.10. The average Bonchev–Trinajstić information content (AvgIpc) is 2.81. The second-order valence-electron chi connectivity index (χ2n) is 4.20. The minimum Gasteiger partial charge on any atom is -0.355 e. The van der Waals surface area contributed by atoms with Crippen molar-refractivity contribution in [2.45, 2.75) is 0 Å². The van der Waals surface area contributed by atoms with Gasteiger partial charge >= 0.3 is 0 Å². The maximum absolute atomic E-state index is 3.43. The van der Waals surface area contributed by atoms with E-state index in [0.29, 0.717) is 0 Å². The molecular weight excluding hydrogens is 286 g/mol. The first-order valence-corrected chi connectivity index (χ1v) is 6.62. The van der Waals surface area contributed by atoms with Crippen LogP contribution in [0.1, 0.15) is 11.3 Å². The number of para-hydroxylation sites is 1. The molecule has 0 fully saturated rings. The Morgan fingerprint density at radius 3 is 2.44 bits per heavy atom. The number of H-pyrrole nitrogens is 1. The van der Waals surface area contributed by atoms with Crippen LogP contribution in [0.4, 0.5) is 0 Å². The number of rotatable bonds is 2. The fourth-order valence-corrected chi connectivity index (χ4v) is 2.21. The first-order chi connectivity index (χ1) is 8.81. The number of fused-ring (bicyclic) bond motifs is 1. The molecule has 0 radical (unpaired) electrons. The van der Waals surface area contributed by atoms with Crippen LogP contribution in [-0.2, 0) is 0 Å². The highest BCUT2D eigenvalue weighted by atomic mass is 79.9. The van der Waals surface area contributed by atoms with Crippen molar-refractivity contribution in [2.24, 2.45) is 0 Å². The number of aromatic amines is 1. The van der Waals surface area contributed by atoms with Crippen molar-refractivity contribution in [3.05, 3.63) is 70.3 Å². The van der Waals surface area contributed by atoms with Crippen molar-refractivity contribution in [2.75, 3.05) is 0 Å². The average molecular weight is 298 g/mol. The summed E-state index contributed by atoms with van der Waals surface area (Å²) in [6.45, 7) is 0. The van der Waals surface area contributed by atoms with E-state index in [1.807, 2.05) is 18.2 Å². The van der Waals surface area contributed by atoms with E-state index in [1.54, 1.807) is 0 Å². The Kier molecular flexibility index (Phi) is 3.03. The lowest BCUT2D eigenvalue weighted by molar-refractivity contribution is 1.43. The van der Waals surface area contributed by atoms with Crippen LogP contribution >= 0.6 is 15.9 Å². The highest BCUT2D eigenvalue weighted by molar-refractivity contribution is 9.10. The molecule has 0 atom stereocenters. The van der Waals surface area contributed by atoms with Crippen LogP contribution in [0, 0.1) is 0 Å². The molecule has 0 saturated carbocycles. The molecule has 0 bridgehead atoms. The van der Waals surface area contributed by atoms with Gasteiger partial charge in [0.2, 0.25) is 0 Å². The molecule has 1 N–H and O–H groups in total. The van der Waals surface area contributed by atoms with Crippen molar-refractivity contribution in [3.63, 3.8) is 0 Å². The van der Waals surface area contributed by atoms with Crippen LogP contribution in [0.15, 0.2) is 59.1 Å². The molecule has 1 heterocycles. The van der Waals surface area contributed by atoms with Crippen molar-refractivity contribution < 1.29 is 0 Å². The minimum absolute atomic E-state index is 1.10. The zero-order chi connectivity index (χ0) is 12.4. The Hall–Kier alpha value is -1.80. The van der Waals surface area contributed by atoms with Gasteiger partial charge in [0.25, 0.3) is 0 Å². The molecule has 0 unspecified atom stereocenters. The van der Waals surface area contributed by atoms with Gasteiger partial charge < -0.3 is 4.98 Å². The smallest absolute Gasteiger partial charge is 0.0458 e. The van der Waals surface area contributed by atoms with Gasteiger partial charge in [-0.2, -0.15) is 0 Å². The fourth-order valence-electron chi connectivity index (χ4n) is 1.95. The zero-order valence-electron chi connectivity index (χ0n) is 9.73. The molecule has 88 valence electrons.